The normalized spacial score (nSPS) is 9.89. The third kappa shape index (κ3) is 2.66. The van der Waals surface area contributed by atoms with E-state index in [2.05, 4.69) is 15.9 Å². The largest absolute Gasteiger partial charge is 0.454 e. The molecule has 0 spiro atoms. The number of rotatable bonds is 2. The Balaban J connectivity index is 2.29. The Morgan fingerprint density at radius 2 is 1.83 bits per heavy atom. The van der Waals surface area contributed by atoms with E-state index >= 15 is 0 Å². The Labute approximate surface area is 111 Å². The van der Waals surface area contributed by atoms with Crippen LogP contribution in [0.5, 0.6) is 11.5 Å². The summed E-state index contributed by atoms with van der Waals surface area (Å²) in [6, 6.07) is 9.74. The van der Waals surface area contributed by atoms with Crippen LogP contribution < -0.4 is 4.74 Å². The molecule has 5 heteroatoms. The van der Waals surface area contributed by atoms with Gasteiger partial charge in [0.15, 0.2) is 11.6 Å². The molecule has 0 aliphatic heterocycles. The first-order valence-corrected chi connectivity index (χ1v) is 5.72. The second-order valence-corrected chi connectivity index (χ2v) is 4.29. The van der Waals surface area contributed by atoms with E-state index in [4.69, 9.17) is 10.00 Å². The van der Waals surface area contributed by atoms with Crippen LogP contribution in [-0.4, -0.2) is 0 Å². The van der Waals surface area contributed by atoms with Gasteiger partial charge in [0.1, 0.15) is 11.6 Å². The molecule has 0 N–H and O–H groups in total. The third-order valence-corrected chi connectivity index (χ3v) is 2.82. The van der Waals surface area contributed by atoms with Gasteiger partial charge in [0.05, 0.1) is 16.1 Å². The Morgan fingerprint density at radius 1 is 1.06 bits per heavy atom. The first-order valence-electron chi connectivity index (χ1n) is 4.92. The standard InChI is InChI=1S/C13H6BrF2NO/c14-10-3-2-9(6-11(10)15)18-13-4-1-8(7-17)5-12(13)16/h1-6H. The lowest BCUT2D eigenvalue weighted by Gasteiger charge is -2.07. The van der Waals surface area contributed by atoms with Gasteiger partial charge in [-0.1, -0.05) is 0 Å². The second-order valence-electron chi connectivity index (χ2n) is 3.43. The van der Waals surface area contributed by atoms with Crippen LogP contribution in [0.2, 0.25) is 0 Å². The Hall–Kier alpha value is -1.93. The van der Waals surface area contributed by atoms with Gasteiger partial charge in [0.25, 0.3) is 0 Å². The molecule has 0 amide bonds. The first-order chi connectivity index (χ1) is 8.60. The maximum absolute atomic E-state index is 13.5. The van der Waals surface area contributed by atoms with Crippen LogP contribution in [0.4, 0.5) is 8.78 Å². The van der Waals surface area contributed by atoms with Crippen molar-refractivity contribution in [3.8, 4) is 17.6 Å². The topological polar surface area (TPSA) is 33.0 Å². The summed E-state index contributed by atoms with van der Waals surface area (Å²) < 4.78 is 32.3. The monoisotopic (exact) mass is 309 g/mol. The first kappa shape index (κ1) is 12.5. The van der Waals surface area contributed by atoms with Crippen LogP contribution >= 0.6 is 15.9 Å². The van der Waals surface area contributed by atoms with Crippen LogP contribution in [-0.2, 0) is 0 Å². The zero-order chi connectivity index (χ0) is 13.1. The van der Waals surface area contributed by atoms with Crippen LogP contribution in [0.1, 0.15) is 5.56 Å². The van der Waals surface area contributed by atoms with Gasteiger partial charge >= 0.3 is 0 Å². The minimum absolute atomic E-state index is 0.0595. The number of nitrogens with zero attached hydrogens (tertiary/aromatic N) is 1. The molecule has 18 heavy (non-hydrogen) atoms. The van der Waals surface area contributed by atoms with E-state index in [1.165, 1.54) is 24.3 Å². The predicted octanol–water partition coefficient (Wildman–Crippen LogP) is 4.39. The van der Waals surface area contributed by atoms with Gasteiger partial charge in [-0.3, -0.25) is 0 Å². The Bertz CT molecular complexity index is 637. The summed E-state index contributed by atoms with van der Waals surface area (Å²) in [4.78, 5) is 0. The molecule has 0 atom stereocenters. The van der Waals surface area contributed by atoms with Crippen molar-refractivity contribution in [3.63, 3.8) is 0 Å². The van der Waals surface area contributed by atoms with Gasteiger partial charge in [-0.15, -0.1) is 0 Å². The van der Waals surface area contributed by atoms with Crippen molar-refractivity contribution in [2.45, 2.75) is 0 Å². The minimum atomic E-state index is -0.669. The van der Waals surface area contributed by atoms with Crippen LogP contribution in [0.25, 0.3) is 0 Å². The van der Waals surface area contributed by atoms with Gasteiger partial charge in [-0.05, 0) is 46.3 Å². The van der Waals surface area contributed by atoms with Gasteiger partial charge < -0.3 is 4.74 Å². The smallest absolute Gasteiger partial charge is 0.167 e. The quantitative estimate of drug-likeness (QED) is 0.824. The number of ether oxygens (including phenoxy) is 1. The maximum atomic E-state index is 13.5. The molecule has 2 rings (SSSR count). The molecular weight excluding hydrogens is 304 g/mol. The highest BCUT2D eigenvalue weighted by Crippen LogP contribution is 2.27. The van der Waals surface area contributed by atoms with E-state index in [0.717, 1.165) is 12.1 Å². The van der Waals surface area contributed by atoms with Crippen LogP contribution in [0.3, 0.4) is 0 Å². The fourth-order valence-corrected chi connectivity index (χ4v) is 1.57. The van der Waals surface area contributed by atoms with Crippen molar-refractivity contribution >= 4 is 15.9 Å². The van der Waals surface area contributed by atoms with E-state index in [-0.39, 0.29) is 17.1 Å². The zero-order valence-electron chi connectivity index (χ0n) is 8.95. The molecule has 0 aliphatic rings. The lowest BCUT2D eigenvalue weighted by atomic mass is 10.2. The fourth-order valence-electron chi connectivity index (χ4n) is 1.32. The number of halogens is 3. The summed E-state index contributed by atoms with van der Waals surface area (Å²) in [7, 11) is 0. The third-order valence-electron chi connectivity index (χ3n) is 2.18. The van der Waals surface area contributed by atoms with Gasteiger partial charge in [0.2, 0.25) is 0 Å². The molecule has 2 aromatic carbocycles. The highest BCUT2D eigenvalue weighted by Gasteiger charge is 2.07. The lowest BCUT2D eigenvalue weighted by molar-refractivity contribution is 0.438. The fraction of sp³-hybridized carbons (Fsp3) is 0. The molecule has 90 valence electrons. The summed E-state index contributed by atoms with van der Waals surface area (Å²) in [5.41, 5.74) is 0.196. The maximum Gasteiger partial charge on any atom is 0.167 e. The SMILES string of the molecule is N#Cc1ccc(Oc2ccc(Br)c(F)c2)c(F)c1. The van der Waals surface area contributed by atoms with Crippen molar-refractivity contribution in [3.05, 3.63) is 58.1 Å². The molecule has 0 saturated heterocycles. The molecule has 0 fully saturated rings. The van der Waals surface area contributed by atoms with Crippen molar-refractivity contribution in [1.82, 2.24) is 0 Å². The van der Waals surface area contributed by atoms with Crippen molar-refractivity contribution in [2.75, 3.05) is 0 Å². The summed E-state index contributed by atoms with van der Waals surface area (Å²) in [5, 5.41) is 8.60. The molecule has 0 unspecified atom stereocenters. The average molecular weight is 310 g/mol. The lowest BCUT2D eigenvalue weighted by Crippen LogP contribution is -1.90. The Morgan fingerprint density at radius 3 is 2.44 bits per heavy atom. The highest BCUT2D eigenvalue weighted by atomic mass is 79.9. The molecular formula is C13H6BrF2NO. The van der Waals surface area contributed by atoms with E-state index in [0.29, 0.717) is 4.47 Å². The van der Waals surface area contributed by atoms with E-state index in [1.54, 1.807) is 0 Å². The van der Waals surface area contributed by atoms with Crippen molar-refractivity contribution in [2.24, 2.45) is 0 Å². The molecule has 2 aromatic rings. The number of benzene rings is 2. The molecule has 2 nitrogen and oxygen atoms in total. The van der Waals surface area contributed by atoms with Gasteiger partial charge in [-0.25, -0.2) is 8.78 Å². The molecule has 0 heterocycles. The predicted molar refractivity (Wildman–Crippen MR) is 65.3 cm³/mol. The second kappa shape index (κ2) is 5.15. The summed E-state index contributed by atoms with van der Waals surface area (Å²) in [5.74, 6) is -1.05. The average Bonchev–Trinajstić information content (AvgIpc) is 2.36. The van der Waals surface area contributed by atoms with Gasteiger partial charge in [0, 0.05) is 6.07 Å². The summed E-state index contributed by atoms with van der Waals surface area (Å²) >= 11 is 3.01. The van der Waals surface area contributed by atoms with Crippen LogP contribution in [0.15, 0.2) is 40.9 Å². The number of hydrogen-bond acceptors (Lipinski definition) is 2. The Kier molecular flexibility index (Phi) is 3.58. The number of nitriles is 1. The molecule has 0 saturated carbocycles. The summed E-state index contributed by atoms with van der Waals surface area (Å²) in [6.45, 7) is 0. The van der Waals surface area contributed by atoms with E-state index in [9.17, 15) is 8.78 Å². The van der Waals surface area contributed by atoms with E-state index in [1.807, 2.05) is 6.07 Å². The minimum Gasteiger partial charge on any atom is -0.454 e. The molecule has 0 aliphatic carbocycles. The van der Waals surface area contributed by atoms with E-state index < -0.39 is 11.6 Å². The summed E-state index contributed by atoms with van der Waals surface area (Å²) in [6.07, 6.45) is 0. The zero-order valence-corrected chi connectivity index (χ0v) is 10.5. The van der Waals surface area contributed by atoms with Crippen LogP contribution in [0, 0.1) is 23.0 Å². The van der Waals surface area contributed by atoms with Gasteiger partial charge in [-0.2, -0.15) is 5.26 Å². The van der Waals surface area contributed by atoms with Crippen molar-refractivity contribution < 1.29 is 13.5 Å². The number of hydrogen-bond donors (Lipinski definition) is 0. The molecule has 0 aromatic heterocycles. The molecule has 0 bridgehead atoms. The molecule has 0 radical (unpaired) electrons. The van der Waals surface area contributed by atoms with Crippen molar-refractivity contribution in [1.29, 1.82) is 5.26 Å². The highest BCUT2D eigenvalue weighted by molar-refractivity contribution is 9.10.